The van der Waals surface area contributed by atoms with Gasteiger partial charge in [0.1, 0.15) is 12.4 Å². The molecule has 2 aliphatic heterocycles. The fourth-order valence-electron chi connectivity index (χ4n) is 3.17. The summed E-state index contributed by atoms with van der Waals surface area (Å²) in [5.41, 5.74) is 8.57. The minimum absolute atomic E-state index is 0.0443. The van der Waals surface area contributed by atoms with Crippen LogP contribution in [0.5, 0.6) is 0 Å². The average Bonchev–Trinajstić information content (AvgIpc) is 2.67. The largest absolute Gasteiger partial charge is 0.399 e. The molecule has 23 heavy (non-hydrogen) atoms. The molecule has 1 saturated heterocycles. The lowest BCUT2D eigenvalue weighted by Gasteiger charge is -2.35. The third kappa shape index (κ3) is 3.17. The molecule has 2 aliphatic rings. The van der Waals surface area contributed by atoms with Crippen molar-refractivity contribution in [3.8, 4) is 0 Å². The van der Waals surface area contributed by atoms with Gasteiger partial charge in [-0.1, -0.05) is 6.92 Å². The van der Waals surface area contributed by atoms with E-state index < -0.39 is 0 Å². The summed E-state index contributed by atoms with van der Waals surface area (Å²) in [7, 11) is 2.13. The number of carbonyl (C=O) groups is 1. The molecule has 0 aliphatic carbocycles. The van der Waals surface area contributed by atoms with E-state index in [1.807, 2.05) is 23.1 Å². The molecule has 3 rings (SSSR count). The quantitative estimate of drug-likeness (QED) is 0.828. The first-order chi connectivity index (χ1) is 11.1. The summed E-state index contributed by atoms with van der Waals surface area (Å²) in [6.45, 7) is 6.86. The lowest BCUT2D eigenvalue weighted by Crippen LogP contribution is -2.47. The first-order valence-corrected chi connectivity index (χ1v) is 8.28. The highest BCUT2D eigenvalue weighted by Gasteiger charge is 2.28. The summed E-state index contributed by atoms with van der Waals surface area (Å²) < 4.78 is 0. The molecule has 1 aromatic rings. The van der Waals surface area contributed by atoms with E-state index in [-0.39, 0.29) is 12.5 Å². The zero-order valence-electron chi connectivity index (χ0n) is 14.0. The van der Waals surface area contributed by atoms with Crippen LogP contribution in [0.3, 0.4) is 0 Å². The number of likely N-dealkylation sites (N-methyl/N-ethyl adjacent to an activating group) is 1. The molecular formula is C17H25N5O. The van der Waals surface area contributed by atoms with Crippen molar-refractivity contribution in [1.82, 2.24) is 9.80 Å². The number of nitrogens with two attached hydrogens (primary N) is 1. The van der Waals surface area contributed by atoms with Crippen molar-refractivity contribution in [3.63, 3.8) is 0 Å². The molecule has 0 atom stereocenters. The summed E-state index contributed by atoms with van der Waals surface area (Å²) in [5, 5.41) is 0. The second kappa shape index (κ2) is 6.58. The highest BCUT2D eigenvalue weighted by Crippen LogP contribution is 2.28. The molecule has 124 valence electrons. The number of aliphatic imine (C=N–C) groups is 1. The fourth-order valence-corrected chi connectivity index (χ4v) is 3.17. The van der Waals surface area contributed by atoms with Gasteiger partial charge < -0.3 is 20.4 Å². The number of fused-ring (bicyclic) bond motifs is 1. The molecule has 0 aromatic heterocycles. The van der Waals surface area contributed by atoms with Gasteiger partial charge in [0.05, 0.1) is 5.69 Å². The van der Waals surface area contributed by atoms with E-state index in [9.17, 15) is 4.79 Å². The number of nitrogen functional groups attached to an aromatic ring is 1. The number of rotatable bonds is 2. The van der Waals surface area contributed by atoms with Crippen LogP contribution < -0.4 is 10.6 Å². The van der Waals surface area contributed by atoms with Gasteiger partial charge in [0.25, 0.3) is 0 Å². The van der Waals surface area contributed by atoms with E-state index in [2.05, 4.69) is 28.8 Å². The molecule has 6 heteroatoms. The Morgan fingerprint density at radius 2 is 1.96 bits per heavy atom. The first kappa shape index (κ1) is 15.8. The van der Waals surface area contributed by atoms with E-state index in [0.29, 0.717) is 12.2 Å². The second-order valence-electron chi connectivity index (χ2n) is 6.25. The number of hydrogen-bond acceptors (Lipinski definition) is 5. The van der Waals surface area contributed by atoms with E-state index in [4.69, 9.17) is 5.73 Å². The van der Waals surface area contributed by atoms with Crippen molar-refractivity contribution in [2.24, 2.45) is 4.99 Å². The number of benzodiazepines with no additional fused rings is 1. The smallest absolute Gasteiger partial charge is 0.248 e. The zero-order chi connectivity index (χ0) is 16.4. The molecule has 0 unspecified atom stereocenters. The summed E-state index contributed by atoms with van der Waals surface area (Å²) in [6, 6.07) is 5.80. The van der Waals surface area contributed by atoms with Crippen molar-refractivity contribution in [2.75, 3.05) is 56.9 Å². The Kier molecular flexibility index (Phi) is 4.52. The third-order valence-electron chi connectivity index (χ3n) is 4.47. The van der Waals surface area contributed by atoms with Crippen LogP contribution in [0.4, 0.5) is 11.4 Å². The van der Waals surface area contributed by atoms with Crippen LogP contribution in [0.25, 0.3) is 0 Å². The van der Waals surface area contributed by atoms with Gasteiger partial charge in [0, 0.05) is 44.0 Å². The topological polar surface area (TPSA) is 65.2 Å². The molecule has 2 heterocycles. The number of anilines is 2. The van der Waals surface area contributed by atoms with Gasteiger partial charge in [-0.05, 0) is 31.7 Å². The normalized spacial score (nSPS) is 19.4. The lowest BCUT2D eigenvalue weighted by molar-refractivity contribution is -0.117. The highest BCUT2D eigenvalue weighted by molar-refractivity contribution is 6.11. The van der Waals surface area contributed by atoms with Crippen molar-refractivity contribution in [1.29, 1.82) is 0 Å². The number of nitrogens with zero attached hydrogens (tertiary/aromatic N) is 4. The van der Waals surface area contributed by atoms with Crippen LogP contribution in [0, 0.1) is 0 Å². The lowest BCUT2D eigenvalue weighted by atomic mass is 10.1. The minimum atomic E-state index is 0.0443. The number of amides is 1. The second-order valence-corrected chi connectivity index (χ2v) is 6.25. The summed E-state index contributed by atoms with van der Waals surface area (Å²) in [5.74, 6) is 0.975. The van der Waals surface area contributed by atoms with E-state index >= 15 is 0 Å². The van der Waals surface area contributed by atoms with Crippen LogP contribution in [0.2, 0.25) is 0 Å². The molecule has 1 aromatic carbocycles. The maximum atomic E-state index is 12.5. The van der Waals surface area contributed by atoms with Crippen LogP contribution in [0.1, 0.15) is 18.9 Å². The Labute approximate surface area is 137 Å². The Bertz CT molecular complexity index is 619. The molecule has 6 nitrogen and oxygen atoms in total. The Morgan fingerprint density at radius 1 is 1.22 bits per heavy atom. The summed E-state index contributed by atoms with van der Waals surface area (Å²) >= 11 is 0. The third-order valence-corrected chi connectivity index (χ3v) is 4.47. The maximum absolute atomic E-state index is 12.5. The summed E-state index contributed by atoms with van der Waals surface area (Å²) in [4.78, 5) is 23.6. The van der Waals surface area contributed by atoms with Crippen molar-refractivity contribution in [3.05, 3.63) is 23.8 Å². The average molecular weight is 315 g/mol. The fraction of sp³-hybridized carbons (Fsp3) is 0.529. The predicted molar refractivity (Wildman–Crippen MR) is 94.0 cm³/mol. The standard InChI is InChI=1S/C17H25N5O/c1-3-6-22-15-11-13(18)4-5-14(15)17(19-12-16(22)23)21-9-7-20(2)8-10-21/h4-5,11H,3,6-10,12,18H2,1-2H3. The predicted octanol–water partition coefficient (Wildman–Crippen LogP) is 1.02. The van der Waals surface area contributed by atoms with Crippen LogP contribution >= 0.6 is 0 Å². The number of piperazine rings is 1. The number of amidine groups is 1. The van der Waals surface area contributed by atoms with E-state index in [1.165, 1.54) is 0 Å². The van der Waals surface area contributed by atoms with Crippen LogP contribution in [-0.4, -0.2) is 67.9 Å². The SMILES string of the molecule is CCCN1C(=O)CN=C(N2CCN(C)CC2)c2ccc(N)cc21. The van der Waals surface area contributed by atoms with Crippen molar-refractivity contribution < 1.29 is 4.79 Å². The molecular weight excluding hydrogens is 290 g/mol. The van der Waals surface area contributed by atoms with Gasteiger partial charge in [-0.25, -0.2) is 0 Å². The van der Waals surface area contributed by atoms with Crippen LogP contribution in [-0.2, 0) is 4.79 Å². The Balaban J connectivity index is 2.00. The van der Waals surface area contributed by atoms with Gasteiger partial charge in [-0.2, -0.15) is 0 Å². The Hall–Kier alpha value is -2.08. The highest BCUT2D eigenvalue weighted by atomic mass is 16.2. The number of benzene rings is 1. The van der Waals surface area contributed by atoms with Gasteiger partial charge in [0.15, 0.2) is 0 Å². The molecule has 0 spiro atoms. The van der Waals surface area contributed by atoms with Crippen LogP contribution in [0.15, 0.2) is 23.2 Å². The number of hydrogen-bond donors (Lipinski definition) is 1. The van der Waals surface area contributed by atoms with Crippen molar-refractivity contribution in [2.45, 2.75) is 13.3 Å². The molecule has 2 N–H and O–H groups in total. The van der Waals surface area contributed by atoms with Gasteiger partial charge in [0.2, 0.25) is 5.91 Å². The number of carbonyl (C=O) groups excluding carboxylic acids is 1. The molecule has 1 amide bonds. The molecule has 0 radical (unpaired) electrons. The molecule has 0 bridgehead atoms. The monoisotopic (exact) mass is 315 g/mol. The van der Waals surface area contributed by atoms with Crippen molar-refractivity contribution >= 4 is 23.1 Å². The van der Waals surface area contributed by atoms with Gasteiger partial charge in [-0.3, -0.25) is 9.79 Å². The molecule has 0 saturated carbocycles. The van der Waals surface area contributed by atoms with E-state index in [0.717, 1.165) is 49.7 Å². The molecule has 1 fully saturated rings. The maximum Gasteiger partial charge on any atom is 0.248 e. The van der Waals surface area contributed by atoms with Gasteiger partial charge >= 0.3 is 0 Å². The zero-order valence-corrected chi connectivity index (χ0v) is 14.0. The summed E-state index contributed by atoms with van der Waals surface area (Å²) in [6.07, 6.45) is 0.907. The van der Waals surface area contributed by atoms with Gasteiger partial charge in [-0.15, -0.1) is 0 Å². The van der Waals surface area contributed by atoms with E-state index in [1.54, 1.807) is 0 Å². The Morgan fingerprint density at radius 3 is 2.65 bits per heavy atom. The first-order valence-electron chi connectivity index (χ1n) is 8.28. The minimum Gasteiger partial charge on any atom is -0.399 e.